The quantitative estimate of drug-likeness (QED) is 0.619. The highest BCUT2D eigenvalue weighted by atomic mass is 32.2. The molecular weight excluding hydrogens is 282 g/mol. The zero-order chi connectivity index (χ0) is 15.2. The zero-order valence-corrected chi connectivity index (χ0v) is 12.3. The second kappa shape index (κ2) is 7.20. The first-order valence-electron chi connectivity index (χ1n) is 6.26. The molecule has 0 aliphatic heterocycles. The summed E-state index contributed by atoms with van der Waals surface area (Å²) in [6.45, 7) is 3.80. The van der Waals surface area contributed by atoms with Gasteiger partial charge in [-0.1, -0.05) is 0 Å². The van der Waals surface area contributed by atoms with E-state index in [0.29, 0.717) is 13.0 Å². The standard InChI is InChI=1S/C12H19N3O4S/c1-9(2)15-20(18,19)10-5-3-7-13-12(10)14-8-4-6-11(16)17/h3,5,7,9,15H,4,6,8H2,1-2H3,(H,13,14)(H,16,17). The third-order valence-electron chi connectivity index (χ3n) is 2.31. The second-order valence-corrected chi connectivity index (χ2v) is 6.23. The summed E-state index contributed by atoms with van der Waals surface area (Å²) in [5.74, 6) is -0.659. The molecule has 1 rings (SSSR count). The third kappa shape index (κ3) is 5.14. The fourth-order valence-electron chi connectivity index (χ4n) is 1.56. The van der Waals surface area contributed by atoms with Gasteiger partial charge in [-0.2, -0.15) is 0 Å². The van der Waals surface area contributed by atoms with Crippen LogP contribution in [0.15, 0.2) is 23.2 Å². The van der Waals surface area contributed by atoms with Crippen LogP contribution in [0.3, 0.4) is 0 Å². The molecule has 0 saturated heterocycles. The second-order valence-electron chi connectivity index (χ2n) is 4.55. The molecule has 0 spiro atoms. The van der Waals surface area contributed by atoms with Gasteiger partial charge in [0.25, 0.3) is 0 Å². The lowest BCUT2D eigenvalue weighted by Gasteiger charge is -2.13. The number of carboxylic acid groups (broad SMARTS) is 1. The number of nitrogens with zero attached hydrogens (tertiary/aromatic N) is 1. The third-order valence-corrected chi connectivity index (χ3v) is 4.00. The smallest absolute Gasteiger partial charge is 0.303 e. The molecular formula is C12H19N3O4S. The number of sulfonamides is 1. The van der Waals surface area contributed by atoms with Crippen LogP contribution in [0.5, 0.6) is 0 Å². The number of aliphatic carboxylic acids is 1. The van der Waals surface area contributed by atoms with E-state index in [1.807, 2.05) is 0 Å². The fourth-order valence-corrected chi connectivity index (χ4v) is 2.95. The molecule has 0 atom stereocenters. The van der Waals surface area contributed by atoms with Gasteiger partial charge in [0.2, 0.25) is 10.0 Å². The van der Waals surface area contributed by atoms with Gasteiger partial charge in [-0.05, 0) is 32.4 Å². The molecule has 0 saturated carbocycles. The number of carboxylic acids is 1. The molecule has 0 aromatic carbocycles. The van der Waals surface area contributed by atoms with Crippen molar-refractivity contribution in [1.29, 1.82) is 0 Å². The van der Waals surface area contributed by atoms with Crippen LogP contribution in [-0.2, 0) is 14.8 Å². The number of anilines is 1. The molecule has 0 aliphatic carbocycles. The van der Waals surface area contributed by atoms with Crippen LogP contribution in [-0.4, -0.2) is 37.1 Å². The van der Waals surface area contributed by atoms with Crippen molar-refractivity contribution in [3.05, 3.63) is 18.3 Å². The van der Waals surface area contributed by atoms with Crippen LogP contribution < -0.4 is 10.0 Å². The van der Waals surface area contributed by atoms with Gasteiger partial charge >= 0.3 is 5.97 Å². The highest BCUT2D eigenvalue weighted by Crippen LogP contribution is 2.18. The van der Waals surface area contributed by atoms with Crippen molar-refractivity contribution < 1.29 is 18.3 Å². The monoisotopic (exact) mass is 301 g/mol. The van der Waals surface area contributed by atoms with Crippen molar-refractivity contribution in [3.63, 3.8) is 0 Å². The fraction of sp³-hybridized carbons (Fsp3) is 0.500. The molecule has 0 bridgehead atoms. The number of rotatable bonds is 8. The first-order valence-corrected chi connectivity index (χ1v) is 7.74. The maximum Gasteiger partial charge on any atom is 0.303 e. The van der Waals surface area contributed by atoms with Gasteiger partial charge < -0.3 is 10.4 Å². The summed E-state index contributed by atoms with van der Waals surface area (Å²) in [5, 5.41) is 11.4. The van der Waals surface area contributed by atoms with E-state index in [-0.39, 0.29) is 23.2 Å². The summed E-state index contributed by atoms with van der Waals surface area (Å²) < 4.78 is 26.7. The van der Waals surface area contributed by atoms with Crippen LogP contribution >= 0.6 is 0 Å². The van der Waals surface area contributed by atoms with Gasteiger partial charge in [0.15, 0.2) is 0 Å². The summed E-state index contributed by atoms with van der Waals surface area (Å²) in [4.78, 5) is 14.5. The van der Waals surface area contributed by atoms with E-state index >= 15 is 0 Å². The molecule has 0 aliphatic rings. The van der Waals surface area contributed by atoms with E-state index in [1.54, 1.807) is 13.8 Å². The van der Waals surface area contributed by atoms with Gasteiger partial charge in [0, 0.05) is 25.2 Å². The maximum atomic E-state index is 12.1. The van der Waals surface area contributed by atoms with Crippen LogP contribution in [0.4, 0.5) is 5.82 Å². The topological polar surface area (TPSA) is 108 Å². The number of hydrogen-bond acceptors (Lipinski definition) is 5. The minimum absolute atomic E-state index is 0.0200. The van der Waals surface area contributed by atoms with Crippen molar-refractivity contribution in [2.45, 2.75) is 37.6 Å². The summed E-state index contributed by atoms with van der Waals surface area (Å²) >= 11 is 0. The van der Waals surface area contributed by atoms with E-state index in [0.717, 1.165) is 0 Å². The Hall–Kier alpha value is -1.67. The molecule has 1 heterocycles. The van der Waals surface area contributed by atoms with Crippen molar-refractivity contribution in [2.24, 2.45) is 0 Å². The van der Waals surface area contributed by atoms with Crippen molar-refractivity contribution in [3.8, 4) is 0 Å². The Kier molecular flexibility index (Phi) is 5.90. The molecule has 0 fully saturated rings. The Balaban J connectivity index is 2.80. The minimum atomic E-state index is -3.63. The SMILES string of the molecule is CC(C)NS(=O)(=O)c1cccnc1NCCCC(=O)O. The molecule has 7 nitrogen and oxygen atoms in total. The summed E-state index contributed by atoms with van der Waals surface area (Å²) in [5.41, 5.74) is 0. The van der Waals surface area contributed by atoms with Gasteiger partial charge in [-0.15, -0.1) is 0 Å². The molecule has 0 amide bonds. The number of aromatic nitrogens is 1. The van der Waals surface area contributed by atoms with Gasteiger partial charge in [-0.25, -0.2) is 18.1 Å². The average Bonchev–Trinajstić information content (AvgIpc) is 2.33. The molecule has 1 aromatic rings. The first kappa shape index (κ1) is 16.4. The summed E-state index contributed by atoms with van der Waals surface area (Å²) in [6.07, 6.45) is 1.89. The number of pyridine rings is 1. The van der Waals surface area contributed by atoms with E-state index in [9.17, 15) is 13.2 Å². The normalized spacial score (nSPS) is 11.6. The maximum absolute atomic E-state index is 12.1. The van der Waals surface area contributed by atoms with Gasteiger partial charge in [0.05, 0.1) is 0 Å². The Morgan fingerprint density at radius 1 is 1.45 bits per heavy atom. The molecule has 3 N–H and O–H groups in total. The molecule has 0 unspecified atom stereocenters. The first-order chi connectivity index (χ1) is 9.33. The number of hydrogen-bond donors (Lipinski definition) is 3. The summed E-state index contributed by atoms with van der Waals surface area (Å²) in [7, 11) is -3.63. The Morgan fingerprint density at radius 2 is 2.15 bits per heavy atom. The minimum Gasteiger partial charge on any atom is -0.481 e. The predicted octanol–water partition coefficient (Wildman–Crippen LogP) is 1.04. The molecule has 112 valence electrons. The average molecular weight is 301 g/mol. The van der Waals surface area contributed by atoms with Gasteiger partial charge in [-0.3, -0.25) is 4.79 Å². The largest absolute Gasteiger partial charge is 0.481 e. The Labute approximate surface area is 118 Å². The number of nitrogens with one attached hydrogen (secondary N) is 2. The molecule has 8 heteroatoms. The van der Waals surface area contributed by atoms with E-state index in [1.165, 1.54) is 18.3 Å². The lowest BCUT2D eigenvalue weighted by atomic mass is 10.3. The van der Waals surface area contributed by atoms with E-state index in [4.69, 9.17) is 5.11 Å². The van der Waals surface area contributed by atoms with Crippen LogP contribution in [0, 0.1) is 0 Å². The van der Waals surface area contributed by atoms with Gasteiger partial charge in [0.1, 0.15) is 10.7 Å². The van der Waals surface area contributed by atoms with Crippen LogP contribution in [0.25, 0.3) is 0 Å². The Bertz CT molecular complexity index is 558. The predicted molar refractivity (Wildman–Crippen MR) is 75.1 cm³/mol. The molecule has 0 radical (unpaired) electrons. The van der Waals surface area contributed by atoms with Crippen molar-refractivity contribution in [2.75, 3.05) is 11.9 Å². The van der Waals surface area contributed by atoms with E-state index in [2.05, 4.69) is 15.0 Å². The lowest BCUT2D eigenvalue weighted by Crippen LogP contribution is -2.31. The number of carbonyl (C=O) groups is 1. The van der Waals surface area contributed by atoms with Crippen LogP contribution in [0.2, 0.25) is 0 Å². The van der Waals surface area contributed by atoms with Crippen molar-refractivity contribution >= 4 is 21.8 Å². The van der Waals surface area contributed by atoms with Crippen LogP contribution in [0.1, 0.15) is 26.7 Å². The molecule has 1 aromatic heterocycles. The molecule has 20 heavy (non-hydrogen) atoms. The zero-order valence-electron chi connectivity index (χ0n) is 11.5. The Morgan fingerprint density at radius 3 is 2.75 bits per heavy atom. The summed E-state index contributed by atoms with van der Waals surface area (Å²) in [6, 6.07) is 2.77. The highest BCUT2D eigenvalue weighted by molar-refractivity contribution is 7.89. The van der Waals surface area contributed by atoms with Crippen molar-refractivity contribution in [1.82, 2.24) is 9.71 Å². The lowest BCUT2D eigenvalue weighted by molar-refractivity contribution is -0.137. The highest BCUT2D eigenvalue weighted by Gasteiger charge is 2.19. The van der Waals surface area contributed by atoms with E-state index < -0.39 is 16.0 Å².